The molecule has 0 radical (unpaired) electrons. The minimum Gasteiger partial charge on any atom is -0.317 e. The fourth-order valence-corrected chi connectivity index (χ4v) is 2.71. The second kappa shape index (κ2) is 5.10. The molecule has 2 rings (SSSR count). The third-order valence-electron chi connectivity index (χ3n) is 2.44. The number of benzene rings is 1. The van der Waals surface area contributed by atoms with Crippen LogP contribution in [0.5, 0.6) is 0 Å². The Kier molecular flexibility index (Phi) is 3.54. The molecule has 0 spiro atoms. The van der Waals surface area contributed by atoms with Crippen LogP contribution in [-0.4, -0.2) is 10.5 Å². The van der Waals surface area contributed by atoms with Crippen LogP contribution in [0.4, 0.5) is 0 Å². The van der Waals surface area contributed by atoms with Gasteiger partial charge in [-0.1, -0.05) is 30.3 Å². The van der Waals surface area contributed by atoms with E-state index in [2.05, 4.69) is 28.6 Å². The monoisotopic (exact) mass is 246 g/mol. The van der Waals surface area contributed by atoms with Crippen molar-refractivity contribution in [3.05, 3.63) is 40.5 Å². The van der Waals surface area contributed by atoms with Crippen molar-refractivity contribution in [1.82, 2.24) is 4.57 Å². The number of aromatic nitrogens is 1. The van der Waals surface area contributed by atoms with Crippen molar-refractivity contribution in [2.45, 2.75) is 20.4 Å². The maximum Gasteiger partial charge on any atom is 0.245 e. The molecule has 0 aliphatic carbocycles. The number of hydrogen-bond acceptors (Lipinski definition) is 2. The first-order chi connectivity index (χ1) is 8.22. The maximum atomic E-state index is 11.1. The lowest BCUT2D eigenvalue weighted by atomic mass is 10.2. The Morgan fingerprint density at radius 1 is 1.35 bits per heavy atom. The topological polar surface area (TPSA) is 34.4 Å². The Balaban J connectivity index is 2.58. The summed E-state index contributed by atoms with van der Waals surface area (Å²) in [5, 5.41) is 2.04. The normalized spacial score (nSPS) is 11.8. The van der Waals surface area contributed by atoms with Crippen LogP contribution in [0.25, 0.3) is 11.3 Å². The smallest absolute Gasteiger partial charge is 0.245 e. The maximum absolute atomic E-state index is 11.1. The minimum absolute atomic E-state index is 0.159. The van der Waals surface area contributed by atoms with E-state index >= 15 is 0 Å². The predicted molar refractivity (Wildman–Crippen MR) is 69.7 cm³/mol. The van der Waals surface area contributed by atoms with Crippen molar-refractivity contribution in [3.8, 4) is 11.3 Å². The molecule has 0 saturated carbocycles. The number of rotatable bonds is 2. The Morgan fingerprint density at radius 2 is 2.06 bits per heavy atom. The van der Waals surface area contributed by atoms with Gasteiger partial charge in [-0.15, -0.1) is 11.3 Å². The van der Waals surface area contributed by atoms with E-state index in [1.807, 2.05) is 23.6 Å². The van der Waals surface area contributed by atoms with Gasteiger partial charge in [-0.25, -0.2) is 0 Å². The van der Waals surface area contributed by atoms with Gasteiger partial charge in [-0.2, -0.15) is 4.99 Å². The number of carbonyl (C=O) groups is 1. The molecule has 1 aromatic carbocycles. The van der Waals surface area contributed by atoms with Crippen LogP contribution in [0.15, 0.2) is 40.7 Å². The third kappa shape index (κ3) is 2.53. The summed E-state index contributed by atoms with van der Waals surface area (Å²) in [6, 6.07) is 10.1. The van der Waals surface area contributed by atoms with E-state index in [0.717, 1.165) is 22.6 Å². The molecule has 0 fully saturated rings. The van der Waals surface area contributed by atoms with Gasteiger partial charge < -0.3 is 4.57 Å². The van der Waals surface area contributed by atoms with E-state index in [9.17, 15) is 4.79 Å². The van der Waals surface area contributed by atoms with Gasteiger partial charge in [-0.3, -0.25) is 4.79 Å². The fourth-order valence-electron chi connectivity index (χ4n) is 1.70. The fraction of sp³-hybridized carbons (Fsp3) is 0.231. The van der Waals surface area contributed by atoms with Crippen LogP contribution < -0.4 is 4.80 Å². The zero-order valence-corrected chi connectivity index (χ0v) is 10.7. The van der Waals surface area contributed by atoms with Gasteiger partial charge in [0, 0.05) is 18.8 Å². The summed E-state index contributed by atoms with van der Waals surface area (Å²) in [7, 11) is 0. The van der Waals surface area contributed by atoms with E-state index in [1.165, 1.54) is 18.3 Å². The molecule has 4 heteroatoms. The van der Waals surface area contributed by atoms with Crippen molar-refractivity contribution in [2.75, 3.05) is 0 Å². The zero-order valence-electron chi connectivity index (χ0n) is 9.88. The van der Waals surface area contributed by atoms with Crippen molar-refractivity contribution in [1.29, 1.82) is 0 Å². The first-order valence-electron chi connectivity index (χ1n) is 5.51. The predicted octanol–water partition coefficient (Wildman–Crippen LogP) is 2.68. The lowest BCUT2D eigenvalue weighted by Crippen LogP contribution is -2.16. The molecule has 2 aromatic rings. The van der Waals surface area contributed by atoms with Crippen LogP contribution in [0.3, 0.4) is 0 Å². The van der Waals surface area contributed by atoms with Gasteiger partial charge in [0.1, 0.15) is 0 Å². The molecule has 0 N–H and O–H groups in total. The molecule has 0 atom stereocenters. The van der Waals surface area contributed by atoms with E-state index in [1.54, 1.807) is 0 Å². The Morgan fingerprint density at radius 3 is 2.65 bits per heavy atom. The van der Waals surface area contributed by atoms with Crippen molar-refractivity contribution >= 4 is 17.2 Å². The average molecular weight is 246 g/mol. The van der Waals surface area contributed by atoms with Crippen molar-refractivity contribution in [2.24, 2.45) is 4.99 Å². The Bertz CT molecular complexity index is 581. The van der Waals surface area contributed by atoms with Crippen molar-refractivity contribution in [3.63, 3.8) is 0 Å². The Hall–Kier alpha value is -1.68. The van der Waals surface area contributed by atoms with Gasteiger partial charge in [-0.05, 0) is 12.5 Å². The highest BCUT2D eigenvalue weighted by Crippen LogP contribution is 2.19. The molecule has 0 saturated heterocycles. The number of thiazole rings is 1. The van der Waals surface area contributed by atoms with Crippen LogP contribution in [0.2, 0.25) is 0 Å². The van der Waals surface area contributed by atoms with Crippen LogP contribution in [-0.2, 0) is 11.3 Å². The molecule has 88 valence electrons. The summed E-state index contributed by atoms with van der Waals surface area (Å²) in [6.07, 6.45) is 0. The van der Waals surface area contributed by atoms with Gasteiger partial charge in [0.25, 0.3) is 0 Å². The molecule has 0 aliphatic rings. The minimum atomic E-state index is -0.159. The summed E-state index contributed by atoms with van der Waals surface area (Å²) in [4.78, 5) is 15.8. The third-order valence-corrected chi connectivity index (χ3v) is 3.30. The summed E-state index contributed by atoms with van der Waals surface area (Å²) < 4.78 is 2.06. The first kappa shape index (κ1) is 11.8. The van der Waals surface area contributed by atoms with Gasteiger partial charge in [0.2, 0.25) is 5.91 Å². The molecule has 1 heterocycles. The second-order valence-electron chi connectivity index (χ2n) is 3.64. The van der Waals surface area contributed by atoms with Crippen LogP contribution in [0, 0.1) is 0 Å². The highest BCUT2D eigenvalue weighted by molar-refractivity contribution is 7.07. The number of nitrogens with zero attached hydrogens (tertiary/aromatic N) is 2. The number of hydrogen-bond donors (Lipinski definition) is 0. The first-order valence-corrected chi connectivity index (χ1v) is 6.39. The SMILES string of the molecule is CCn1c(-c2ccccc2)cs/c1=N/C(C)=O. The number of amides is 1. The summed E-state index contributed by atoms with van der Waals surface area (Å²) >= 11 is 1.50. The standard InChI is InChI=1S/C13H14N2OS/c1-3-15-12(11-7-5-4-6-8-11)9-17-13(15)14-10(2)16/h4-9H,3H2,1-2H3/b14-13+. The molecule has 0 aliphatic heterocycles. The molecular weight excluding hydrogens is 232 g/mol. The Labute approximate surface area is 104 Å². The lowest BCUT2D eigenvalue weighted by Gasteiger charge is -2.05. The van der Waals surface area contributed by atoms with Gasteiger partial charge in [0.05, 0.1) is 5.69 Å². The summed E-state index contributed by atoms with van der Waals surface area (Å²) in [5.41, 5.74) is 2.26. The lowest BCUT2D eigenvalue weighted by molar-refractivity contribution is -0.116. The molecule has 1 amide bonds. The largest absolute Gasteiger partial charge is 0.317 e. The molecule has 17 heavy (non-hydrogen) atoms. The van der Waals surface area contributed by atoms with E-state index < -0.39 is 0 Å². The summed E-state index contributed by atoms with van der Waals surface area (Å²) in [6.45, 7) is 4.33. The average Bonchev–Trinajstić information content (AvgIpc) is 2.72. The van der Waals surface area contributed by atoms with E-state index in [0.29, 0.717) is 0 Å². The molecule has 3 nitrogen and oxygen atoms in total. The highest BCUT2D eigenvalue weighted by atomic mass is 32.1. The second-order valence-corrected chi connectivity index (χ2v) is 4.48. The van der Waals surface area contributed by atoms with E-state index in [4.69, 9.17) is 0 Å². The molecule has 0 unspecified atom stereocenters. The molecule has 1 aromatic heterocycles. The van der Waals surface area contributed by atoms with Crippen LogP contribution >= 0.6 is 11.3 Å². The van der Waals surface area contributed by atoms with Gasteiger partial charge in [0.15, 0.2) is 4.80 Å². The molecular formula is C13H14N2OS. The van der Waals surface area contributed by atoms with Crippen LogP contribution in [0.1, 0.15) is 13.8 Å². The quantitative estimate of drug-likeness (QED) is 0.802. The summed E-state index contributed by atoms with van der Waals surface area (Å²) in [5.74, 6) is -0.159. The highest BCUT2D eigenvalue weighted by Gasteiger charge is 2.06. The van der Waals surface area contributed by atoms with Gasteiger partial charge >= 0.3 is 0 Å². The van der Waals surface area contributed by atoms with E-state index in [-0.39, 0.29) is 5.91 Å². The molecule has 0 bridgehead atoms. The zero-order chi connectivity index (χ0) is 12.3. The number of carbonyl (C=O) groups excluding carboxylic acids is 1. The van der Waals surface area contributed by atoms with Crippen molar-refractivity contribution < 1.29 is 4.79 Å².